The molecule has 0 unspecified atom stereocenters. The Labute approximate surface area is 226 Å². The third-order valence-corrected chi connectivity index (χ3v) is 9.16. The van der Waals surface area contributed by atoms with Gasteiger partial charge in [0.25, 0.3) is 5.56 Å². The molecule has 200 valence electrons. The summed E-state index contributed by atoms with van der Waals surface area (Å²) in [5, 5.41) is 10.8. The Morgan fingerprint density at radius 1 is 1.11 bits per heavy atom. The first-order valence-electron chi connectivity index (χ1n) is 12.7. The standard InChI is InChI=1S/C26H34N8O2SSi/c1-31(2)21-9-7-8-18(28-21)14-22-29-25-24(37-22)20-15-27-34(26(35)23(20)32(25)3)16-19-10-11-33(30-19)17-36-12-13-38(4,5)6/h7-11,15H,12-14,16-17H2,1-6H3. The number of thiazole rings is 1. The van der Waals surface area contributed by atoms with E-state index >= 15 is 0 Å². The van der Waals surface area contributed by atoms with Gasteiger partial charge in [-0.1, -0.05) is 25.7 Å². The van der Waals surface area contributed by atoms with Crippen molar-refractivity contribution in [3.8, 4) is 0 Å². The minimum Gasteiger partial charge on any atom is -0.363 e. The van der Waals surface area contributed by atoms with Crippen LogP contribution in [0.2, 0.25) is 25.7 Å². The number of aryl methyl sites for hydroxylation is 1. The van der Waals surface area contributed by atoms with Crippen LogP contribution in [-0.4, -0.2) is 62.9 Å². The van der Waals surface area contributed by atoms with Gasteiger partial charge in [0, 0.05) is 59.5 Å². The lowest BCUT2D eigenvalue weighted by Gasteiger charge is -2.15. The van der Waals surface area contributed by atoms with Crippen molar-refractivity contribution in [2.45, 2.75) is 45.4 Å². The summed E-state index contributed by atoms with van der Waals surface area (Å²) in [5.41, 5.74) is 2.96. The molecule has 0 aliphatic rings. The highest BCUT2D eigenvalue weighted by molar-refractivity contribution is 7.19. The van der Waals surface area contributed by atoms with Crippen molar-refractivity contribution in [2.75, 3.05) is 25.6 Å². The molecular weight excluding hydrogens is 516 g/mol. The number of hydrogen-bond acceptors (Lipinski definition) is 8. The Morgan fingerprint density at radius 2 is 1.92 bits per heavy atom. The van der Waals surface area contributed by atoms with Crippen LogP contribution in [0.15, 0.2) is 41.5 Å². The minimum atomic E-state index is -1.12. The van der Waals surface area contributed by atoms with E-state index in [1.54, 1.807) is 22.2 Å². The number of anilines is 1. The van der Waals surface area contributed by atoms with E-state index in [1.807, 2.05) is 61.1 Å². The van der Waals surface area contributed by atoms with Gasteiger partial charge in [0.1, 0.15) is 23.1 Å². The minimum absolute atomic E-state index is 0.155. The number of hydrogen-bond donors (Lipinski definition) is 0. The van der Waals surface area contributed by atoms with Gasteiger partial charge in [0.15, 0.2) is 5.65 Å². The lowest BCUT2D eigenvalue weighted by Crippen LogP contribution is -2.25. The van der Waals surface area contributed by atoms with E-state index in [-0.39, 0.29) is 5.56 Å². The first-order valence-corrected chi connectivity index (χ1v) is 17.2. The molecule has 0 aliphatic carbocycles. The molecule has 0 radical (unpaired) electrons. The highest BCUT2D eigenvalue weighted by Crippen LogP contribution is 2.31. The molecule has 5 rings (SSSR count). The quantitative estimate of drug-likeness (QED) is 0.192. The number of rotatable bonds is 10. The first-order chi connectivity index (χ1) is 18.1. The van der Waals surface area contributed by atoms with Gasteiger partial charge in [0.05, 0.1) is 23.1 Å². The molecule has 38 heavy (non-hydrogen) atoms. The van der Waals surface area contributed by atoms with Gasteiger partial charge in [-0.3, -0.25) is 4.79 Å². The molecule has 5 aromatic heterocycles. The molecule has 5 aromatic rings. The SMILES string of the molecule is CN(C)c1cccc(Cc2nc3c(s2)c2cnn(Cc4ccn(COCC[Si](C)(C)C)n4)c(=O)c2n3C)n1. The van der Waals surface area contributed by atoms with Gasteiger partial charge in [-0.25, -0.2) is 19.3 Å². The Bertz CT molecular complexity index is 1640. The predicted molar refractivity (Wildman–Crippen MR) is 155 cm³/mol. The number of ether oxygens (including phenoxy) is 1. The molecule has 0 N–H and O–H groups in total. The topological polar surface area (TPSA) is 95.9 Å². The zero-order valence-electron chi connectivity index (χ0n) is 22.8. The molecule has 12 heteroatoms. The molecular formula is C26H34N8O2SSi. The van der Waals surface area contributed by atoms with Crippen molar-refractivity contribution in [1.82, 2.24) is 34.1 Å². The highest BCUT2D eigenvalue weighted by atomic mass is 32.1. The predicted octanol–water partition coefficient (Wildman–Crippen LogP) is 3.95. The Hall–Kier alpha value is -3.35. The molecule has 0 aliphatic heterocycles. The fourth-order valence-corrected chi connectivity index (χ4v) is 6.12. The van der Waals surface area contributed by atoms with Gasteiger partial charge >= 0.3 is 0 Å². The van der Waals surface area contributed by atoms with Crippen molar-refractivity contribution < 1.29 is 4.74 Å². The molecule has 10 nitrogen and oxygen atoms in total. The lowest BCUT2D eigenvalue weighted by atomic mass is 10.3. The second-order valence-electron chi connectivity index (χ2n) is 10.9. The van der Waals surface area contributed by atoms with E-state index in [2.05, 4.69) is 29.8 Å². The van der Waals surface area contributed by atoms with E-state index in [9.17, 15) is 4.79 Å². The van der Waals surface area contributed by atoms with E-state index in [0.717, 1.165) is 50.6 Å². The Kier molecular flexibility index (Phi) is 7.21. The van der Waals surface area contributed by atoms with Crippen LogP contribution in [0.25, 0.3) is 21.3 Å². The van der Waals surface area contributed by atoms with Crippen LogP contribution < -0.4 is 10.5 Å². The monoisotopic (exact) mass is 550 g/mol. The highest BCUT2D eigenvalue weighted by Gasteiger charge is 2.19. The maximum atomic E-state index is 13.4. The molecule has 0 atom stereocenters. The van der Waals surface area contributed by atoms with Crippen LogP contribution in [0, 0.1) is 0 Å². The lowest BCUT2D eigenvalue weighted by molar-refractivity contribution is 0.0782. The molecule has 0 saturated carbocycles. The first kappa shape index (κ1) is 26.3. The van der Waals surface area contributed by atoms with Crippen LogP contribution in [0.5, 0.6) is 0 Å². The molecule has 0 bridgehead atoms. The van der Waals surface area contributed by atoms with E-state index in [1.165, 1.54) is 4.68 Å². The normalized spacial score (nSPS) is 12.2. The van der Waals surface area contributed by atoms with Crippen molar-refractivity contribution >= 4 is 46.5 Å². The smallest absolute Gasteiger partial charge is 0.291 e. The van der Waals surface area contributed by atoms with Gasteiger partial charge in [0.2, 0.25) is 0 Å². The van der Waals surface area contributed by atoms with Crippen LogP contribution in [0.3, 0.4) is 0 Å². The molecule has 0 spiro atoms. The van der Waals surface area contributed by atoms with Gasteiger partial charge < -0.3 is 14.2 Å². The third kappa shape index (κ3) is 5.57. The van der Waals surface area contributed by atoms with Gasteiger partial charge in [-0.15, -0.1) is 11.3 Å². The summed E-state index contributed by atoms with van der Waals surface area (Å²) < 4.78 is 11.8. The average molecular weight is 551 g/mol. The Balaban J connectivity index is 1.34. The third-order valence-electron chi connectivity index (χ3n) is 6.38. The molecule has 0 amide bonds. The number of nitrogens with zero attached hydrogens (tertiary/aromatic N) is 8. The second-order valence-corrected chi connectivity index (χ2v) is 17.6. The maximum Gasteiger partial charge on any atom is 0.291 e. The zero-order chi connectivity index (χ0) is 27.0. The summed E-state index contributed by atoms with van der Waals surface area (Å²) in [4.78, 5) is 24.9. The van der Waals surface area contributed by atoms with E-state index in [4.69, 9.17) is 14.7 Å². The molecule has 0 aromatic carbocycles. The number of aromatic nitrogens is 7. The van der Waals surface area contributed by atoms with Gasteiger partial charge in [-0.05, 0) is 24.2 Å². The number of fused-ring (bicyclic) bond motifs is 3. The van der Waals surface area contributed by atoms with Gasteiger partial charge in [-0.2, -0.15) is 10.2 Å². The van der Waals surface area contributed by atoms with E-state index in [0.29, 0.717) is 25.2 Å². The molecule has 5 heterocycles. The average Bonchev–Trinajstić information content (AvgIpc) is 3.54. The van der Waals surface area contributed by atoms with E-state index < -0.39 is 8.07 Å². The zero-order valence-corrected chi connectivity index (χ0v) is 24.6. The molecule has 0 fully saturated rings. The van der Waals surface area contributed by atoms with Crippen molar-refractivity contribution in [3.63, 3.8) is 0 Å². The van der Waals surface area contributed by atoms with Crippen molar-refractivity contribution in [1.29, 1.82) is 0 Å². The second kappa shape index (κ2) is 10.4. The fraction of sp³-hybridized carbons (Fsp3) is 0.423. The summed E-state index contributed by atoms with van der Waals surface area (Å²) in [6.07, 6.45) is 4.28. The van der Waals surface area contributed by atoms with Crippen LogP contribution in [0.4, 0.5) is 5.82 Å². The molecule has 0 saturated heterocycles. The Morgan fingerprint density at radius 3 is 2.68 bits per heavy atom. The van der Waals surface area contributed by atoms with Crippen LogP contribution in [0.1, 0.15) is 16.4 Å². The van der Waals surface area contributed by atoms with Crippen LogP contribution in [-0.2, 0) is 31.5 Å². The van der Waals surface area contributed by atoms with Crippen LogP contribution >= 0.6 is 11.3 Å². The summed E-state index contributed by atoms with van der Waals surface area (Å²) in [6, 6.07) is 9.03. The van der Waals surface area contributed by atoms with Crippen molar-refractivity contribution in [3.05, 3.63) is 63.4 Å². The number of pyridine rings is 1. The summed E-state index contributed by atoms with van der Waals surface area (Å²) in [5.74, 6) is 0.915. The maximum absolute atomic E-state index is 13.4. The summed E-state index contributed by atoms with van der Waals surface area (Å²) in [7, 11) is 4.72. The fourth-order valence-electron chi connectivity index (χ4n) is 4.24. The largest absolute Gasteiger partial charge is 0.363 e. The summed E-state index contributed by atoms with van der Waals surface area (Å²) >= 11 is 1.59. The summed E-state index contributed by atoms with van der Waals surface area (Å²) in [6.45, 7) is 8.43. The van der Waals surface area contributed by atoms with Crippen molar-refractivity contribution in [2.24, 2.45) is 7.05 Å².